The maximum Gasteiger partial charge on any atom is 0.135 e. The second-order valence-corrected chi connectivity index (χ2v) is 8.32. The minimum absolute atomic E-state index is 0.332. The Labute approximate surface area is 173 Å². The molecule has 0 saturated carbocycles. The van der Waals surface area contributed by atoms with E-state index in [9.17, 15) is 0 Å². The van der Waals surface area contributed by atoms with Crippen molar-refractivity contribution in [3.8, 4) is 11.5 Å². The van der Waals surface area contributed by atoms with Gasteiger partial charge in [-0.15, -0.1) is 0 Å². The van der Waals surface area contributed by atoms with Gasteiger partial charge in [0.15, 0.2) is 0 Å². The summed E-state index contributed by atoms with van der Waals surface area (Å²) < 4.78 is 10.9. The van der Waals surface area contributed by atoms with E-state index in [1.54, 1.807) is 14.2 Å². The minimum Gasteiger partial charge on any atom is -0.497 e. The number of aromatic nitrogens is 2. The van der Waals surface area contributed by atoms with Crippen LogP contribution in [0.3, 0.4) is 0 Å². The summed E-state index contributed by atoms with van der Waals surface area (Å²) in [5.41, 5.74) is 3.73. The first kappa shape index (κ1) is 20.0. The molecule has 2 aromatic rings. The molecule has 3 heterocycles. The van der Waals surface area contributed by atoms with Gasteiger partial charge in [-0.3, -0.25) is 4.90 Å². The Morgan fingerprint density at radius 2 is 1.83 bits per heavy atom. The summed E-state index contributed by atoms with van der Waals surface area (Å²) in [6.45, 7) is 9.30. The van der Waals surface area contributed by atoms with Crippen LogP contribution in [0.2, 0.25) is 0 Å². The highest BCUT2D eigenvalue weighted by molar-refractivity contribution is 5.51. The SMILES string of the molecule is COc1ccc(CN2CCc3c(nc(C(C)C)nc3N3CCCC3)C2)c(OC)c1. The first-order chi connectivity index (χ1) is 14.1. The number of methoxy groups -OCH3 is 2. The highest BCUT2D eigenvalue weighted by Gasteiger charge is 2.27. The molecule has 0 unspecified atom stereocenters. The number of fused-ring (bicyclic) bond motifs is 1. The molecule has 6 nitrogen and oxygen atoms in total. The molecule has 6 heteroatoms. The number of rotatable bonds is 6. The third-order valence-corrected chi connectivity index (χ3v) is 5.95. The number of nitrogens with zero attached hydrogens (tertiary/aromatic N) is 4. The standard InChI is InChI=1S/C23H32N4O2/c1-16(2)22-24-20-15-26(14-17-7-8-18(28-3)13-21(17)29-4)12-9-19(20)23(25-22)27-10-5-6-11-27/h7-8,13,16H,5-6,9-12,14-15H2,1-4H3. The van der Waals surface area contributed by atoms with Gasteiger partial charge < -0.3 is 14.4 Å². The Morgan fingerprint density at radius 1 is 1.03 bits per heavy atom. The Balaban J connectivity index is 1.59. The molecule has 0 radical (unpaired) electrons. The van der Waals surface area contributed by atoms with Crippen LogP contribution in [-0.4, -0.2) is 48.7 Å². The van der Waals surface area contributed by atoms with Crippen molar-refractivity contribution in [3.63, 3.8) is 0 Å². The van der Waals surface area contributed by atoms with Gasteiger partial charge >= 0.3 is 0 Å². The fraction of sp³-hybridized carbons (Fsp3) is 0.565. The summed E-state index contributed by atoms with van der Waals surface area (Å²) in [5, 5.41) is 0. The van der Waals surface area contributed by atoms with E-state index in [2.05, 4.69) is 29.7 Å². The zero-order valence-corrected chi connectivity index (χ0v) is 18.1. The predicted molar refractivity (Wildman–Crippen MR) is 115 cm³/mol. The van der Waals surface area contributed by atoms with Crippen LogP contribution in [0.5, 0.6) is 11.5 Å². The average Bonchev–Trinajstić information content (AvgIpc) is 3.27. The maximum absolute atomic E-state index is 5.60. The first-order valence-electron chi connectivity index (χ1n) is 10.7. The molecule has 0 N–H and O–H groups in total. The van der Waals surface area contributed by atoms with Crippen molar-refractivity contribution in [2.24, 2.45) is 0 Å². The highest BCUT2D eigenvalue weighted by Crippen LogP contribution is 2.32. The largest absolute Gasteiger partial charge is 0.497 e. The van der Waals surface area contributed by atoms with Crippen LogP contribution < -0.4 is 14.4 Å². The number of hydrogen-bond donors (Lipinski definition) is 0. The topological polar surface area (TPSA) is 50.7 Å². The number of hydrogen-bond acceptors (Lipinski definition) is 6. The van der Waals surface area contributed by atoms with Gasteiger partial charge in [0.1, 0.15) is 23.1 Å². The summed E-state index contributed by atoms with van der Waals surface area (Å²) in [6, 6.07) is 6.06. The third kappa shape index (κ3) is 4.17. The Hall–Kier alpha value is -2.34. The third-order valence-electron chi connectivity index (χ3n) is 5.95. The first-order valence-corrected chi connectivity index (χ1v) is 10.7. The van der Waals surface area contributed by atoms with Crippen molar-refractivity contribution in [3.05, 3.63) is 40.8 Å². The smallest absolute Gasteiger partial charge is 0.135 e. The van der Waals surface area contributed by atoms with Crippen LogP contribution in [0.25, 0.3) is 0 Å². The number of benzene rings is 1. The van der Waals surface area contributed by atoms with Gasteiger partial charge in [0.05, 0.1) is 19.9 Å². The van der Waals surface area contributed by atoms with Crippen LogP contribution in [0.15, 0.2) is 18.2 Å². The van der Waals surface area contributed by atoms with E-state index in [-0.39, 0.29) is 0 Å². The zero-order chi connectivity index (χ0) is 20.4. The molecule has 0 bridgehead atoms. The second-order valence-electron chi connectivity index (χ2n) is 8.32. The summed E-state index contributed by atoms with van der Waals surface area (Å²) in [4.78, 5) is 14.9. The normalized spacial score (nSPS) is 16.9. The van der Waals surface area contributed by atoms with Crippen LogP contribution in [0.1, 0.15) is 55.3 Å². The maximum atomic E-state index is 5.60. The molecule has 2 aliphatic heterocycles. The van der Waals surface area contributed by atoms with Crippen LogP contribution in [0.4, 0.5) is 5.82 Å². The van der Waals surface area contributed by atoms with Gasteiger partial charge in [-0.25, -0.2) is 9.97 Å². The lowest BCUT2D eigenvalue weighted by Crippen LogP contribution is -2.34. The molecule has 4 rings (SSSR count). The lowest BCUT2D eigenvalue weighted by atomic mass is 10.0. The molecule has 1 saturated heterocycles. The van der Waals surface area contributed by atoms with Gasteiger partial charge in [-0.1, -0.05) is 19.9 Å². The summed E-state index contributed by atoms with van der Waals surface area (Å²) in [6.07, 6.45) is 3.52. The van der Waals surface area contributed by atoms with Crippen molar-refractivity contribution in [1.29, 1.82) is 0 Å². The molecule has 1 fully saturated rings. The van der Waals surface area contributed by atoms with Crippen molar-refractivity contribution >= 4 is 5.82 Å². The Bertz CT molecular complexity index is 862. The summed E-state index contributed by atoms with van der Waals surface area (Å²) in [5.74, 6) is 4.18. The molecular formula is C23H32N4O2. The molecule has 0 spiro atoms. The molecule has 29 heavy (non-hydrogen) atoms. The Kier molecular flexibility index (Phi) is 5.90. The van der Waals surface area contributed by atoms with Crippen molar-refractivity contribution < 1.29 is 9.47 Å². The average molecular weight is 397 g/mol. The Morgan fingerprint density at radius 3 is 2.52 bits per heavy atom. The minimum atomic E-state index is 0.332. The molecule has 156 valence electrons. The van der Waals surface area contributed by atoms with Gasteiger partial charge in [0.25, 0.3) is 0 Å². The van der Waals surface area contributed by atoms with Gasteiger partial charge in [-0.2, -0.15) is 0 Å². The fourth-order valence-electron chi connectivity index (χ4n) is 4.29. The van der Waals surface area contributed by atoms with Crippen LogP contribution in [0, 0.1) is 0 Å². The van der Waals surface area contributed by atoms with E-state index in [0.29, 0.717) is 5.92 Å². The molecule has 0 amide bonds. The van der Waals surface area contributed by atoms with Gasteiger partial charge in [-0.05, 0) is 25.3 Å². The summed E-state index contributed by atoms with van der Waals surface area (Å²) >= 11 is 0. The van der Waals surface area contributed by atoms with E-state index in [1.807, 2.05) is 12.1 Å². The molecule has 0 atom stereocenters. The van der Waals surface area contributed by atoms with Gasteiger partial charge in [0, 0.05) is 55.8 Å². The predicted octanol–water partition coefficient (Wildman–Crippen LogP) is 3.78. The lowest BCUT2D eigenvalue weighted by Gasteiger charge is -2.32. The fourth-order valence-corrected chi connectivity index (χ4v) is 4.29. The monoisotopic (exact) mass is 396 g/mol. The second kappa shape index (κ2) is 8.57. The summed E-state index contributed by atoms with van der Waals surface area (Å²) in [7, 11) is 3.40. The zero-order valence-electron chi connectivity index (χ0n) is 18.1. The van der Waals surface area contributed by atoms with Crippen molar-refractivity contribution in [1.82, 2.24) is 14.9 Å². The van der Waals surface area contributed by atoms with Gasteiger partial charge in [0.2, 0.25) is 0 Å². The number of anilines is 1. The number of ether oxygens (including phenoxy) is 2. The highest BCUT2D eigenvalue weighted by atomic mass is 16.5. The van der Waals surface area contributed by atoms with E-state index in [0.717, 1.165) is 56.5 Å². The van der Waals surface area contributed by atoms with Crippen molar-refractivity contribution in [2.75, 3.05) is 38.8 Å². The van der Waals surface area contributed by atoms with Crippen molar-refractivity contribution in [2.45, 2.75) is 52.1 Å². The quantitative estimate of drug-likeness (QED) is 0.741. The molecule has 1 aromatic carbocycles. The molecule has 0 aliphatic carbocycles. The van der Waals surface area contributed by atoms with E-state index in [4.69, 9.17) is 19.4 Å². The van der Waals surface area contributed by atoms with Crippen LogP contribution >= 0.6 is 0 Å². The lowest BCUT2D eigenvalue weighted by molar-refractivity contribution is 0.237. The molecule has 2 aliphatic rings. The van der Waals surface area contributed by atoms with Crippen LogP contribution in [-0.2, 0) is 19.5 Å². The molecular weight excluding hydrogens is 364 g/mol. The molecule has 1 aromatic heterocycles. The van der Waals surface area contributed by atoms with E-state index >= 15 is 0 Å². The van der Waals surface area contributed by atoms with E-state index in [1.165, 1.54) is 35.5 Å². The van der Waals surface area contributed by atoms with E-state index < -0.39 is 0 Å².